The van der Waals surface area contributed by atoms with Gasteiger partial charge in [-0.2, -0.15) is 0 Å². The highest BCUT2D eigenvalue weighted by molar-refractivity contribution is 9.13. The molecule has 0 atom stereocenters. The summed E-state index contributed by atoms with van der Waals surface area (Å²) in [5.41, 5.74) is 9.21. The van der Waals surface area contributed by atoms with Crippen LogP contribution in [0.4, 0.5) is 11.4 Å². The van der Waals surface area contributed by atoms with Crippen LogP contribution in [0.25, 0.3) is 0 Å². The normalized spacial score (nSPS) is 10.5. The molecule has 0 aliphatic heterocycles. The van der Waals surface area contributed by atoms with Gasteiger partial charge in [0.25, 0.3) is 5.91 Å². The van der Waals surface area contributed by atoms with Crippen molar-refractivity contribution in [3.63, 3.8) is 0 Å². The number of nitrogens with one attached hydrogen (secondary N) is 1. The van der Waals surface area contributed by atoms with Crippen molar-refractivity contribution in [2.45, 2.75) is 13.8 Å². The summed E-state index contributed by atoms with van der Waals surface area (Å²) in [6, 6.07) is 5.54. The molecule has 1 aromatic carbocycles. The van der Waals surface area contributed by atoms with Crippen LogP contribution in [-0.4, -0.2) is 5.91 Å². The Bertz CT molecular complexity index is 633. The van der Waals surface area contributed by atoms with Crippen molar-refractivity contribution in [2.24, 2.45) is 0 Å². The minimum Gasteiger partial charge on any atom is -0.398 e. The first kappa shape index (κ1) is 14.6. The predicted molar refractivity (Wildman–Crippen MR) is 88.0 cm³/mol. The van der Waals surface area contributed by atoms with Gasteiger partial charge < -0.3 is 11.1 Å². The lowest BCUT2D eigenvalue weighted by Gasteiger charge is -2.12. The summed E-state index contributed by atoms with van der Waals surface area (Å²) >= 11 is 8.14. The van der Waals surface area contributed by atoms with E-state index in [9.17, 15) is 4.79 Å². The third kappa shape index (κ3) is 3.01. The lowest BCUT2D eigenvalue weighted by molar-refractivity contribution is 0.103. The fourth-order valence-corrected chi connectivity index (χ4v) is 3.62. The van der Waals surface area contributed by atoms with Gasteiger partial charge in [-0.15, -0.1) is 11.3 Å². The Kier molecular flexibility index (Phi) is 4.32. The number of benzene rings is 1. The number of thiophene rings is 1. The van der Waals surface area contributed by atoms with Crippen molar-refractivity contribution >= 4 is 60.5 Å². The molecule has 3 nitrogen and oxygen atoms in total. The molecule has 0 spiro atoms. The van der Waals surface area contributed by atoms with Crippen LogP contribution in [-0.2, 0) is 0 Å². The minimum atomic E-state index is -0.131. The SMILES string of the molecule is Cc1ccc(N)c(C)c1NC(=O)c1cc(Br)c(Br)s1. The number of carbonyl (C=O) groups excluding carboxylic acids is 1. The Morgan fingerprint density at radius 3 is 2.58 bits per heavy atom. The predicted octanol–water partition coefficient (Wildman–Crippen LogP) is 4.72. The van der Waals surface area contributed by atoms with Crippen LogP contribution in [0.1, 0.15) is 20.8 Å². The summed E-state index contributed by atoms with van der Waals surface area (Å²) in [5.74, 6) is -0.131. The fraction of sp³-hybridized carbons (Fsp3) is 0.154. The zero-order chi connectivity index (χ0) is 14.2. The van der Waals surface area contributed by atoms with Crippen molar-refractivity contribution in [2.75, 3.05) is 11.1 Å². The van der Waals surface area contributed by atoms with Gasteiger partial charge in [0.05, 0.1) is 8.66 Å². The van der Waals surface area contributed by atoms with Crippen molar-refractivity contribution in [1.82, 2.24) is 0 Å². The lowest BCUT2D eigenvalue weighted by atomic mass is 10.1. The number of rotatable bonds is 2. The lowest BCUT2D eigenvalue weighted by Crippen LogP contribution is -2.13. The molecule has 0 unspecified atom stereocenters. The standard InChI is InChI=1S/C13H12Br2N2OS/c1-6-3-4-9(16)7(2)11(6)17-13(18)10-5-8(14)12(15)19-10/h3-5H,16H2,1-2H3,(H,17,18). The van der Waals surface area contributed by atoms with Gasteiger partial charge in [-0.05, 0) is 69.0 Å². The number of hydrogen-bond donors (Lipinski definition) is 2. The summed E-state index contributed by atoms with van der Waals surface area (Å²) in [7, 11) is 0. The molecule has 6 heteroatoms. The Morgan fingerprint density at radius 2 is 2.00 bits per heavy atom. The largest absolute Gasteiger partial charge is 0.398 e. The third-order valence-corrected chi connectivity index (χ3v) is 6.08. The summed E-state index contributed by atoms with van der Waals surface area (Å²) < 4.78 is 1.78. The Morgan fingerprint density at radius 1 is 1.32 bits per heavy atom. The van der Waals surface area contributed by atoms with Crippen LogP contribution < -0.4 is 11.1 Å². The number of aryl methyl sites for hydroxylation is 1. The Labute approximate surface area is 132 Å². The molecule has 0 aliphatic carbocycles. The van der Waals surface area contributed by atoms with E-state index in [1.807, 2.05) is 26.0 Å². The Balaban J connectivity index is 2.31. The van der Waals surface area contributed by atoms with Crippen LogP contribution in [0.5, 0.6) is 0 Å². The first-order chi connectivity index (χ1) is 8.90. The first-order valence-electron chi connectivity index (χ1n) is 5.52. The van der Waals surface area contributed by atoms with Gasteiger partial charge in [0.1, 0.15) is 0 Å². The molecule has 0 aliphatic rings. The van der Waals surface area contributed by atoms with Gasteiger partial charge in [0, 0.05) is 15.8 Å². The molecule has 1 aromatic heterocycles. The van der Waals surface area contributed by atoms with Crippen LogP contribution in [0.3, 0.4) is 0 Å². The van der Waals surface area contributed by atoms with Gasteiger partial charge >= 0.3 is 0 Å². The Hall–Kier alpha value is -0.850. The molecule has 2 aromatic rings. The van der Waals surface area contributed by atoms with E-state index in [1.165, 1.54) is 11.3 Å². The molecular formula is C13H12Br2N2OS. The van der Waals surface area contributed by atoms with Crippen LogP contribution in [0.2, 0.25) is 0 Å². The molecule has 0 radical (unpaired) electrons. The molecule has 0 saturated heterocycles. The summed E-state index contributed by atoms with van der Waals surface area (Å²) in [6.07, 6.45) is 0. The molecule has 0 fully saturated rings. The van der Waals surface area contributed by atoms with Crippen molar-refractivity contribution in [3.05, 3.63) is 42.5 Å². The highest BCUT2D eigenvalue weighted by Gasteiger charge is 2.14. The fourth-order valence-electron chi connectivity index (χ4n) is 1.69. The number of anilines is 2. The van der Waals surface area contributed by atoms with E-state index in [-0.39, 0.29) is 5.91 Å². The van der Waals surface area contributed by atoms with E-state index in [2.05, 4.69) is 37.2 Å². The summed E-state index contributed by atoms with van der Waals surface area (Å²) in [5, 5.41) is 2.93. The maximum absolute atomic E-state index is 12.2. The molecular weight excluding hydrogens is 392 g/mol. The molecule has 1 heterocycles. The second-order valence-electron chi connectivity index (χ2n) is 4.16. The topological polar surface area (TPSA) is 55.1 Å². The number of hydrogen-bond acceptors (Lipinski definition) is 3. The van der Waals surface area contributed by atoms with Crippen molar-refractivity contribution in [1.29, 1.82) is 0 Å². The maximum atomic E-state index is 12.2. The minimum absolute atomic E-state index is 0.131. The molecule has 0 bridgehead atoms. The zero-order valence-corrected chi connectivity index (χ0v) is 14.4. The van der Waals surface area contributed by atoms with Gasteiger partial charge in [-0.1, -0.05) is 6.07 Å². The second kappa shape index (κ2) is 5.64. The van der Waals surface area contributed by atoms with Crippen molar-refractivity contribution < 1.29 is 4.79 Å². The molecule has 3 N–H and O–H groups in total. The van der Waals surface area contributed by atoms with E-state index < -0.39 is 0 Å². The second-order valence-corrected chi connectivity index (χ2v) is 7.38. The van der Waals surface area contributed by atoms with Crippen LogP contribution in [0.15, 0.2) is 26.5 Å². The average Bonchev–Trinajstić information content (AvgIpc) is 2.70. The monoisotopic (exact) mass is 402 g/mol. The van der Waals surface area contributed by atoms with E-state index in [0.29, 0.717) is 10.6 Å². The van der Waals surface area contributed by atoms with E-state index in [4.69, 9.17) is 5.73 Å². The number of amides is 1. The van der Waals surface area contributed by atoms with E-state index >= 15 is 0 Å². The maximum Gasteiger partial charge on any atom is 0.265 e. The van der Waals surface area contributed by atoms with Gasteiger partial charge in [-0.3, -0.25) is 4.79 Å². The molecule has 1 amide bonds. The first-order valence-corrected chi connectivity index (χ1v) is 7.92. The summed E-state index contributed by atoms with van der Waals surface area (Å²) in [6.45, 7) is 3.85. The van der Waals surface area contributed by atoms with Crippen molar-refractivity contribution in [3.8, 4) is 0 Å². The zero-order valence-electron chi connectivity index (χ0n) is 10.4. The van der Waals surface area contributed by atoms with Crippen LogP contribution in [0, 0.1) is 13.8 Å². The molecule has 100 valence electrons. The molecule has 19 heavy (non-hydrogen) atoms. The number of carbonyl (C=O) groups is 1. The highest BCUT2D eigenvalue weighted by atomic mass is 79.9. The number of nitrogen functional groups attached to an aromatic ring is 1. The van der Waals surface area contributed by atoms with Gasteiger partial charge in [-0.25, -0.2) is 0 Å². The third-order valence-electron chi connectivity index (χ3n) is 2.82. The molecule has 2 rings (SSSR count). The quantitative estimate of drug-likeness (QED) is 0.712. The number of nitrogens with two attached hydrogens (primary N) is 1. The molecule has 0 saturated carbocycles. The smallest absolute Gasteiger partial charge is 0.265 e. The van der Waals surface area contributed by atoms with E-state index in [0.717, 1.165) is 25.1 Å². The van der Waals surface area contributed by atoms with Gasteiger partial charge in [0.2, 0.25) is 0 Å². The number of halogens is 2. The van der Waals surface area contributed by atoms with Gasteiger partial charge in [0.15, 0.2) is 0 Å². The average molecular weight is 404 g/mol. The van der Waals surface area contributed by atoms with Crippen LogP contribution >= 0.6 is 43.2 Å². The summed E-state index contributed by atoms with van der Waals surface area (Å²) in [4.78, 5) is 12.9. The van der Waals surface area contributed by atoms with E-state index in [1.54, 1.807) is 6.07 Å². The highest BCUT2D eigenvalue weighted by Crippen LogP contribution is 2.33.